The van der Waals surface area contributed by atoms with E-state index >= 15 is 0 Å². The van der Waals surface area contributed by atoms with Crippen molar-refractivity contribution in [2.24, 2.45) is 10.2 Å². The van der Waals surface area contributed by atoms with Gasteiger partial charge < -0.3 is 4.84 Å². The minimum atomic E-state index is -0.706. The van der Waals surface area contributed by atoms with Crippen LogP contribution in [0.4, 0.5) is 17.1 Å². The number of hydrogen-bond acceptors (Lipinski definition) is 7. The monoisotopic (exact) mass is 424 g/mol. The van der Waals surface area contributed by atoms with Crippen LogP contribution in [0, 0.1) is 10.1 Å². The van der Waals surface area contributed by atoms with E-state index in [9.17, 15) is 19.7 Å². The summed E-state index contributed by atoms with van der Waals surface area (Å²) in [5, 5.41) is 18.7. The van der Waals surface area contributed by atoms with Crippen molar-refractivity contribution in [3.63, 3.8) is 0 Å². The zero-order chi connectivity index (χ0) is 21.5. The number of halogens is 1. The van der Waals surface area contributed by atoms with Gasteiger partial charge in [-0.2, -0.15) is 0 Å². The van der Waals surface area contributed by atoms with Crippen LogP contribution < -0.4 is 5.48 Å². The van der Waals surface area contributed by atoms with Gasteiger partial charge in [-0.3, -0.25) is 14.9 Å². The molecular formula is C20H13ClN4O5. The number of anilines is 1. The second-order valence-corrected chi connectivity index (χ2v) is 6.29. The van der Waals surface area contributed by atoms with Crippen molar-refractivity contribution in [1.29, 1.82) is 0 Å². The first kappa shape index (κ1) is 20.6. The van der Waals surface area contributed by atoms with Gasteiger partial charge in [-0.25, -0.2) is 10.3 Å². The van der Waals surface area contributed by atoms with Crippen LogP contribution in [-0.2, 0) is 4.84 Å². The summed E-state index contributed by atoms with van der Waals surface area (Å²) in [6.07, 6.45) is 0. The molecule has 30 heavy (non-hydrogen) atoms. The second-order valence-electron chi connectivity index (χ2n) is 5.85. The lowest BCUT2D eigenvalue weighted by atomic mass is 10.2. The average Bonchev–Trinajstić information content (AvgIpc) is 2.77. The summed E-state index contributed by atoms with van der Waals surface area (Å²) in [5.41, 5.74) is 3.73. The topological polar surface area (TPSA) is 123 Å². The highest BCUT2D eigenvalue weighted by molar-refractivity contribution is 6.30. The highest BCUT2D eigenvalue weighted by Gasteiger charge is 2.11. The second kappa shape index (κ2) is 9.39. The van der Waals surface area contributed by atoms with Gasteiger partial charge in [-0.15, -0.1) is 10.2 Å². The average molecular weight is 425 g/mol. The van der Waals surface area contributed by atoms with Crippen LogP contribution in [0.5, 0.6) is 0 Å². The first-order chi connectivity index (χ1) is 14.4. The molecule has 0 saturated carbocycles. The minimum Gasteiger partial charge on any atom is -0.338 e. The van der Waals surface area contributed by atoms with E-state index in [-0.39, 0.29) is 11.3 Å². The van der Waals surface area contributed by atoms with E-state index in [1.807, 2.05) is 0 Å². The molecule has 0 atom stereocenters. The number of non-ortho nitro benzene ring substituents is 1. The normalized spacial score (nSPS) is 10.6. The molecule has 9 nitrogen and oxygen atoms in total. The molecule has 3 aromatic rings. The number of carbonyl (C=O) groups is 2. The van der Waals surface area contributed by atoms with E-state index in [1.165, 1.54) is 24.3 Å². The largest absolute Gasteiger partial charge is 0.362 e. The first-order valence-electron chi connectivity index (χ1n) is 8.46. The van der Waals surface area contributed by atoms with Crippen molar-refractivity contribution in [3.05, 3.63) is 99.1 Å². The number of amides is 1. The molecular weight excluding hydrogens is 412 g/mol. The number of azo groups is 1. The maximum atomic E-state index is 12.0. The number of carbonyl (C=O) groups excluding carboxylic acids is 2. The molecule has 1 N–H and O–H groups in total. The van der Waals surface area contributed by atoms with E-state index < -0.39 is 16.8 Å². The third-order valence-corrected chi connectivity index (χ3v) is 4.04. The summed E-state index contributed by atoms with van der Waals surface area (Å²) in [5.74, 6) is -1.21. The van der Waals surface area contributed by atoms with Crippen LogP contribution in [0.2, 0.25) is 5.02 Å². The van der Waals surface area contributed by atoms with Crippen LogP contribution >= 0.6 is 11.6 Å². The van der Waals surface area contributed by atoms with Crippen LogP contribution in [-0.4, -0.2) is 16.8 Å². The SMILES string of the molecule is O=C(N=Nc1ccc(NOC(=O)c2ccc([N+](=O)[O-])cc2)cc1)c1ccc(Cl)cc1. The number of nitrogens with zero attached hydrogens (tertiary/aromatic N) is 3. The first-order valence-corrected chi connectivity index (χ1v) is 8.83. The summed E-state index contributed by atoms with van der Waals surface area (Å²) in [6, 6.07) is 17.6. The molecule has 0 aliphatic carbocycles. The van der Waals surface area contributed by atoms with Gasteiger partial charge in [0.05, 0.1) is 21.9 Å². The lowest BCUT2D eigenvalue weighted by Crippen LogP contribution is -2.10. The predicted octanol–water partition coefficient (Wildman–Crippen LogP) is 5.36. The van der Waals surface area contributed by atoms with Crippen molar-refractivity contribution in [1.82, 2.24) is 0 Å². The fraction of sp³-hybridized carbons (Fsp3) is 0. The molecule has 0 unspecified atom stereocenters. The molecule has 3 aromatic carbocycles. The number of nitro benzene ring substituents is 1. The Kier molecular flexibility index (Phi) is 6.46. The van der Waals surface area contributed by atoms with Gasteiger partial charge >= 0.3 is 5.97 Å². The van der Waals surface area contributed by atoms with E-state index in [0.717, 1.165) is 0 Å². The van der Waals surface area contributed by atoms with Gasteiger partial charge in [0.1, 0.15) is 0 Å². The lowest BCUT2D eigenvalue weighted by molar-refractivity contribution is -0.384. The Hall–Kier alpha value is -4.11. The summed E-state index contributed by atoms with van der Waals surface area (Å²) < 4.78 is 0. The van der Waals surface area contributed by atoms with E-state index in [2.05, 4.69) is 15.7 Å². The molecule has 0 aromatic heterocycles. The molecule has 0 radical (unpaired) electrons. The minimum absolute atomic E-state index is 0.126. The number of benzene rings is 3. The molecule has 10 heteroatoms. The van der Waals surface area contributed by atoms with Gasteiger partial charge in [0.15, 0.2) is 0 Å². The van der Waals surface area contributed by atoms with Gasteiger partial charge in [0, 0.05) is 22.7 Å². The molecule has 0 aliphatic heterocycles. The standard InChI is InChI=1S/C20H13ClN4O5/c21-15-5-1-13(2-6-15)19(26)23-22-16-7-9-17(10-8-16)24-30-20(27)14-3-11-18(12-4-14)25(28)29/h1-12,24H. The van der Waals surface area contributed by atoms with Gasteiger partial charge in [-0.05, 0) is 60.7 Å². The Balaban J connectivity index is 1.55. The Morgan fingerprint density at radius 1 is 0.900 bits per heavy atom. The summed E-state index contributed by atoms with van der Waals surface area (Å²) >= 11 is 5.77. The predicted molar refractivity (Wildman–Crippen MR) is 109 cm³/mol. The summed E-state index contributed by atoms with van der Waals surface area (Å²) in [4.78, 5) is 38.9. The number of hydrogen-bond donors (Lipinski definition) is 1. The van der Waals surface area contributed by atoms with Crippen molar-refractivity contribution >= 4 is 40.5 Å². The van der Waals surface area contributed by atoms with Crippen LogP contribution in [0.25, 0.3) is 0 Å². The fourth-order valence-corrected chi connectivity index (χ4v) is 2.36. The van der Waals surface area contributed by atoms with Crippen LogP contribution in [0.3, 0.4) is 0 Å². The van der Waals surface area contributed by atoms with E-state index in [4.69, 9.17) is 16.4 Å². The van der Waals surface area contributed by atoms with Crippen LogP contribution in [0.15, 0.2) is 83.0 Å². The quantitative estimate of drug-likeness (QED) is 0.323. The number of rotatable bonds is 6. The molecule has 150 valence electrons. The van der Waals surface area contributed by atoms with Crippen molar-refractivity contribution < 1.29 is 19.3 Å². The number of nitro groups is 1. The van der Waals surface area contributed by atoms with E-state index in [0.29, 0.717) is 22.0 Å². The smallest absolute Gasteiger partial charge is 0.338 e. The van der Waals surface area contributed by atoms with Gasteiger partial charge in [0.2, 0.25) is 0 Å². The molecule has 1 amide bonds. The van der Waals surface area contributed by atoms with E-state index in [1.54, 1.807) is 48.5 Å². The number of nitrogens with one attached hydrogen (secondary N) is 1. The van der Waals surface area contributed by atoms with Crippen molar-refractivity contribution in [2.75, 3.05) is 5.48 Å². The van der Waals surface area contributed by atoms with Crippen LogP contribution in [0.1, 0.15) is 20.7 Å². The molecule has 0 bridgehead atoms. The fourth-order valence-electron chi connectivity index (χ4n) is 2.23. The molecule has 0 saturated heterocycles. The summed E-state index contributed by atoms with van der Waals surface area (Å²) in [6.45, 7) is 0. The molecule has 0 spiro atoms. The zero-order valence-electron chi connectivity index (χ0n) is 15.2. The third kappa shape index (κ3) is 5.46. The molecule has 0 fully saturated rings. The summed E-state index contributed by atoms with van der Waals surface area (Å²) in [7, 11) is 0. The molecule has 0 heterocycles. The highest BCUT2D eigenvalue weighted by atomic mass is 35.5. The zero-order valence-corrected chi connectivity index (χ0v) is 15.9. The van der Waals surface area contributed by atoms with Gasteiger partial charge in [-0.1, -0.05) is 11.6 Å². The molecule has 0 aliphatic rings. The maximum Gasteiger partial charge on any atom is 0.362 e. The lowest BCUT2D eigenvalue weighted by Gasteiger charge is -2.06. The highest BCUT2D eigenvalue weighted by Crippen LogP contribution is 2.18. The Labute approximate surface area is 175 Å². The Bertz CT molecular complexity index is 1100. The Morgan fingerprint density at radius 3 is 2.10 bits per heavy atom. The molecule has 3 rings (SSSR count). The van der Waals surface area contributed by atoms with Crippen molar-refractivity contribution in [3.8, 4) is 0 Å². The third-order valence-electron chi connectivity index (χ3n) is 3.79. The Morgan fingerprint density at radius 2 is 1.50 bits per heavy atom. The van der Waals surface area contributed by atoms with Crippen molar-refractivity contribution in [2.45, 2.75) is 0 Å². The maximum absolute atomic E-state index is 12.0. The van der Waals surface area contributed by atoms with Gasteiger partial charge in [0.25, 0.3) is 11.6 Å².